The van der Waals surface area contributed by atoms with Crippen LogP contribution < -0.4 is 11.3 Å². The van der Waals surface area contributed by atoms with Crippen LogP contribution >= 0.6 is 11.3 Å². The molecule has 21 heavy (non-hydrogen) atoms. The monoisotopic (exact) mass is 297 g/mol. The van der Waals surface area contributed by atoms with Crippen LogP contribution in [0, 0.1) is 0 Å². The van der Waals surface area contributed by atoms with Gasteiger partial charge in [-0.2, -0.15) is 0 Å². The van der Waals surface area contributed by atoms with Gasteiger partial charge in [0.05, 0.1) is 10.2 Å². The van der Waals surface area contributed by atoms with Crippen LogP contribution in [-0.2, 0) is 6.42 Å². The molecule has 1 unspecified atom stereocenters. The predicted molar refractivity (Wildman–Crippen MR) is 89.1 cm³/mol. The molecule has 0 bridgehead atoms. The molecule has 0 aliphatic rings. The highest BCUT2D eigenvalue weighted by Crippen LogP contribution is 2.25. The standard InChI is InChI=1S/C17H19N3S/c18-20-15(8-4-7-13-5-2-1-3-6-13)14-11-17-16(19-12-14)9-10-21-17/h1-3,5-6,9-12,15,20H,4,7-8,18H2. The zero-order chi connectivity index (χ0) is 14.5. The molecule has 3 rings (SSSR count). The van der Waals surface area contributed by atoms with E-state index in [0.717, 1.165) is 24.8 Å². The van der Waals surface area contributed by atoms with Crippen molar-refractivity contribution in [1.82, 2.24) is 10.4 Å². The Labute approximate surface area is 128 Å². The largest absolute Gasteiger partial charge is 0.271 e. The van der Waals surface area contributed by atoms with Crippen LogP contribution in [0.15, 0.2) is 54.0 Å². The minimum Gasteiger partial charge on any atom is -0.271 e. The van der Waals surface area contributed by atoms with Crippen LogP contribution in [0.3, 0.4) is 0 Å². The summed E-state index contributed by atoms with van der Waals surface area (Å²) < 4.78 is 1.22. The third-order valence-corrected chi connectivity index (χ3v) is 4.58. The number of rotatable bonds is 6. The summed E-state index contributed by atoms with van der Waals surface area (Å²) in [6, 6.07) is 15.0. The van der Waals surface area contributed by atoms with Crippen molar-refractivity contribution in [2.75, 3.05) is 0 Å². The molecule has 2 heterocycles. The second kappa shape index (κ2) is 6.80. The van der Waals surface area contributed by atoms with Gasteiger partial charge in [0.1, 0.15) is 0 Å². The van der Waals surface area contributed by atoms with Gasteiger partial charge in [0.2, 0.25) is 0 Å². The second-order valence-electron chi connectivity index (χ2n) is 5.17. The maximum Gasteiger partial charge on any atom is 0.0809 e. The number of nitrogens with two attached hydrogens (primary N) is 1. The van der Waals surface area contributed by atoms with Gasteiger partial charge in [-0.1, -0.05) is 30.3 Å². The summed E-state index contributed by atoms with van der Waals surface area (Å²) in [4.78, 5) is 4.49. The number of hydrogen-bond acceptors (Lipinski definition) is 4. The molecule has 108 valence electrons. The van der Waals surface area contributed by atoms with Crippen LogP contribution in [-0.4, -0.2) is 4.98 Å². The fourth-order valence-corrected chi connectivity index (χ4v) is 3.34. The van der Waals surface area contributed by atoms with E-state index in [1.54, 1.807) is 11.3 Å². The van der Waals surface area contributed by atoms with Gasteiger partial charge in [-0.05, 0) is 47.9 Å². The van der Waals surface area contributed by atoms with Gasteiger partial charge in [0, 0.05) is 12.2 Å². The number of benzene rings is 1. The third kappa shape index (κ3) is 3.47. The van der Waals surface area contributed by atoms with Crippen LogP contribution in [0.25, 0.3) is 10.2 Å². The highest BCUT2D eigenvalue weighted by molar-refractivity contribution is 7.17. The molecule has 3 aromatic rings. The fourth-order valence-electron chi connectivity index (χ4n) is 2.55. The number of aryl methyl sites for hydroxylation is 1. The Balaban J connectivity index is 1.64. The number of hydrogen-bond donors (Lipinski definition) is 2. The van der Waals surface area contributed by atoms with Crippen molar-refractivity contribution in [3.63, 3.8) is 0 Å². The number of aromatic nitrogens is 1. The number of hydrazine groups is 1. The maximum absolute atomic E-state index is 5.73. The summed E-state index contributed by atoms with van der Waals surface area (Å²) in [5.74, 6) is 5.73. The van der Waals surface area contributed by atoms with Crippen molar-refractivity contribution >= 4 is 21.6 Å². The van der Waals surface area contributed by atoms with Crippen LogP contribution in [0.4, 0.5) is 0 Å². The molecule has 0 amide bonds. The van der Waals surface area contributed by atoms with E-state index < -0.39 is 0 Å². The molecule has 1 aromatic carbocycles. The van der Waals surface area contributed by atoms with Crippen molar-refractivity contribution < 1.29 is 0 Å². The summed E-state index contributed by atoms with van der Waals surface area (Å²) >= 11 is 1.72. The Bertz CT molecular complexity index is 693. The predicted octanol–water partition coefficient (Wildman–Crippen LogP) is 3.82. The first-order valence-corrected chi connectivity index (χ1v) is 8.08. The molecule has 4 heteroatoms. The zero-order valence-electron chi connectivity index (χ0n) is 11.8. The van der Waals surface area contributed by atoms with Crippen LogP contribution in [0.1, 0.15) is 30.0 Å². The first-order chi connectivity index (χ1) is 10.4. The lowest BCUT2D eigenvalue weighted by molar-refractivity contribution is 0.498. The van der Waals surface area contributed by atoms with Crippen LogP contribution in [0.5, 0.6) is 0 Å². The molecule has 3 nitrogen and oxygen atoms in total. The molecule has 0 saturated carbocycles. The number of thiophene rings is 1. The Morgan fingerprint density at radius 2 is 2.05 bits per heavy atom. The summed E-state index contributed by atoms with van der Waals surface area (Å²) in [5, 5.41) is 2.07. The second-order valence-corrected chi connectivity index (χ2v) is 6.12. The molecule has 0 spiro atoms. The Morgan fingerprint density at radius 3 is 2.86 bits per heavy atom. The average molecular weight is 297 g/mol. The van der Waals surface area contributed by atoms with E-state index in [-0.39, 0.29) is 6.04 Å². The van der Waals surface area contributed by atoms with Gasteiger partial charge in [-0.3, -0.25) is 16.3 Å². The van der Waals surface area contributed by atoms with E-state index in [2.05, 4.69) is 52.2 Å². The van der Waals surface area contributed by atoms with E-state index >= 15 is 0 Å². The van der Waals surface area contributed by atoms with E-state index in [4.69, 9.17) is 5.84 Å². The SMILES string of the molecule is NNC(CCCc1ccccc1)c1cnc2ccsc2c1. The number of fused-ring (bicyclic) bond motifs is 1. The summed E-state index contributed by atoms with van der Waals surface area (Å²) in [5.41, 5.74) is 6.53. The normalized spacial score (nSPS) is 12.6. The highest BCUT2D eigenvalue weighted by Gasteiger charge is 2.11. The van der Waals surface area contributed by atoms with Gasteiger partial charge in [0.25, 0.3) is 0 Å². The van der Waals surface area contributed by atoms with Gasteiger partial charge in [0.15, 0.2) is 0 Å². The molecule has 1 atom stereocenters. The molecule has 2 aromatic heterocycles. The lowest BCUT2D eigenvalue weighted by Crippen LogP contribution is -2.28. The van der Waals surface area contributed by atoms with E-state index in [1.807, 2.05) is 12.3 Å². The van der Waals surface area contributed by atoms with Crippen molar-refractivity contribution in [3.8, 4) is 0 Å². The quantitative estimate of drug-likeness (QED) is 0.537. The minimum absolute atomic E-state index is 0.160. The van der Waals surface area contributed by atoms with Gasteiger partial charge >= 0.3 is 0 Å². The molecule has 0 radical (unpaired) electrons. The Morgan fingerprint density at radius 1 is 1.19 bits per heavy atom. The molecular weight excluding hydrogens is 278 g/mol. The Hall–Kier alpha value is -1.75. The van der Waals surface area contributed by atoms with Gasteiger partial charge < -0.3 is 0 Å². The average Bonchev–Trinajstić information content (AvgIpc) is 3.00. The number of pyridine rings is 1. The Kier molecular flexibility index (Phi) is 4.60. The topological polar surface area (TPSA) is 50.9 Å². The molecule has 0 saturated heterocycles. The summed E-state index contributed by atoms with van der Waals surface area (Å²) in [6.45, 7) is 0. The van der Waals surface area contributed by atoms with Crippen molar-refractivity contribution in [2.24, 2.45) is 5.84 Å². The maximum atomic E-state index is 5.73. The fraction of sp³-hybridized carbons (Fsp3) is 0.235. The number of nitrogens with one attached hydrogen (secondary N) is 1. The molecule has 0 fully saturated rings. The van der Waals surface area contributed by atoms with Crippen molar-refractivity contribution in [1.29, 1.82) is 0 Å². The lowest BCUT2D eigenvalue weighted by atomic mass is 10.0. The van der Waals surface area contributed by atoms with E-state index in [9.17, 15) is 0 Å². The lowest BCUT2D eigenvalue weighted by Gasteiger charge is -2.16. The summed E-state index contributed by atoms with van der Waals surface area (Å²) in [6.07, 6.45) is 5.11. The van der Waals surface area contributed by atoms with Crippen molar-refractivity contribution in [2.45, 2.75) is 25.3 Å². The highest BCUT2D eigenvalue weighted by atomic mass is 32.1. The zero-order valence-corrected chi connectivity index (χ0v) is 12.6. The number of nitrogens with zero attached hydrogens (tertiary/aromatic N) is 1. The van der Waals surface area contributed by atoms with E-state index in [1.165, 1.54) is 15.8 Å². The van der Waals surface area contributed by atoms with Crippen molar-refractivity contribution in [3.05, 3.63) is 65.2 Å². The third-order valence-electron chi connectivity index (χ3n) is 3.73. The van der Waals surface area contributed by atoms with Crippen LogP contribution in [0.2, 0.25) is 0 Å². The molecule has 0 aliphatic heterocycles. The smallest absolute Gasteiger partial charge is 0.0809 e. The first kappa shape index (κ1) is 14.2. The molecule has 0 aliphatic carbocycles. The van der Waals surface area contributed by atoms with E-state index in [0.29, 0.717) is 0 Å². The van der Waals surface area contributed by atoms with Gasteiger partial charge in [-0.25, -0.2) is 0 Å². The first-order valence-electron chi connectivity index (χ1n) is 7.20. The molecule has 3 N–H and O–H groups in total. The molecular formula is C17H19N3S. The summed E-state index contributed by atoms with van der Waals surface area (Å²) in [7, 11) is 0. The van der Waals surface area contributed by atoms with Gasteiger partial charge in [-0.15, -0.1) is 11.3 Å². The minimum atomic E-state index is 0.160.